The average Bonchev–Trinajstić information content (AvgIpc) is 3.11. The number of hydrogen-bond donors (Lipinski definition) is 3. The van der Waals surface area contributed by atoms with E-state index in [0.717, 1.165) is 38.9 Å². The molecule has 146 valence electrons. The molecule has 0 aliphatic carbocycles. The number of piperazine rings is 1. The van der Waals surface area contributed by atoms with E-state index in [2.05, 4.69) is 15.6 Å². The van der Waals surface area contributed by atoms with Crippen LogP contribution in [0, 0.1) is 5.41 Å². The third kappa shape index (κ3) is 3.64. The summed E-state index contributed by atoms with van der Waals surface area (Å²) in [6, 6.07) is 3.35. The van der Waals surface area contributed by atoms with Crippen LogP contribution in [0.15, 0.2) is 18.3 Å². The molecule has 4 heterocycles. The number of amides is 2. The van der Waals surface area contributed by atoms with Crippen LogP contribution in [0.4, 0.5) is 5.82 Å². The molecule has 3 aliphatic heterocycles. The Morgan fingerprint density at radius 3 is 2.63 bits per heavy atom. The fourth-order valence-electron chi connectivity index (χ4n) is 4.63. The minimum atomic E-state index is -0.473. The molecule has 1 unspecified atom stereocenters. The van der Waals surface area contributed by atoms with E-state index >= 15 is 0 Å². The van der Waals surface area contributed by atoms with Gasteiger partial charge < -0.3 is 26.2 Å². The first-order chi connectivity index (χ1) is 13.1. The standard InChI is InChI=1S/C19H28N6O2/c20-16(26)14-2-1-5-22-17(14)24-8-10-25(11-9-24)18(27)15-12-19(13-23-15)3-6-21-7-4-19/h1-2,5,15,21,23H,3-4,6-13H2,(H2,20,26). The lowest BCUT2D eigenvalue weighted by Gasteiger charge is -2.37. The molecule has 1 spiro atoms. The number of carbonyl (C=O) groups excluding carboxylic acids is 2. The Kier molecular flexibility index (Phi) is 5.01. The lowest BCUT2D eigenvalue weighted by Crippen LogP contribution is -2.53. The number of nitrogens with one attached hydrogen (secondary N) is 2. The Balaban J connectivity index is 1.36. The van der Waals surface area contributed by atoms with Crippen molar-refractivity contribution in [2.24, 2.45) is 11.1 Å². The fraction of sp³-hybridized carbons (Fsp3) is 0.632. The number of anilines is 1. The second-order valence-corrected chi connectivity index (χ2v) is 7.94. The van der Waals surface area contributed by atoms with Crippen molar-refractivity contribution in [1.29, 1.82) is 0 Å². The van der Waals surface area contributed by atoms with Crippen LogP contribution in [-0.4, -0.2) is 73.6 Å². The van der Waals surface area contributed by atoms with E-state index in [1.54, 1.807) is 18.3 Å². The van der Waals surface area contributed by atoms with Gasteiger partial charge in [-0.1, -0.05) is 0 Å². The Morgan fingerprint density at radius 2 is 1.93 bits per heavy atom. The maximum atomic E-state index is 13.0. The zero-order valence-corrected chi connectivity index (χ0v) is 15.6. The second-order valence-electron chi connectivity index (χ2n) is 7.94. The number of piperidine rings is 1. The van der Waals surface area contributed by atoms with E-state index in [9.17, 15) is 9.59 Å². The molecule has 4 N–H and O–H groups in total. The first kappa shape index (κ1) is 18.2. The van der Waals surface area contributed by atoms with Crippen molar-refractivity contribution in [3.8, 4) is 0 Å². The highest BCUT2D eigenvalue weighted by Crippen LogP contribution is 2.37. The molecule has 0 aromatic carbocycles. The predicted molar refractivity (Wildman–Crippen MR) is 102 cm³/mol. The van der Waals surface area contributed by atoms with E-state index in [4.69, 9.17) is 5.73 Å². The number of carbonyl (C=O) groups is 2. The molecule has 3 aliphatic rings. The summed E-state index contributed by atoms with van der Waals surface area (Å²) in [6.07, 6.45) is 4.90. The molecular formula is C19H28N6O2. The van der Waals surface area contributed by atoms with Crippen LogP contribution in [-0.2, 0) is 4.79 Å². The number of rotatable bonds is 3. The van der Waals surface area contributed by atoms with Crippen molar-refractivity contribution >= 4 is 17.6 Å². The van der Waals surface area contributed by atoms with Gasteiger partial charge in [0, 0.05) is 38.9 Å². The summed E-state index contributed by atoms with van der Waals surface area (Å²) in [4.78, 5) is 32.9. The SMILES string of the molecule is NC(=O)c1cccnc1N1CCN(C(=O)C2CC3(CCNCC3)CN2)CC1. The van der Waals surface area contributed by atoms with E-state index in [0.29, 0.717) is 37.6 Å². The van der Waals surface area contributed by atoms with Gasteiger partial charge in [-0.2, -0.15) is 0 Å². The molecule has 1 aromatic heterocycles. The molecule has 0 saturated carbocycles. The Hall–Kier alpha value is -2.19. The van der Waals surface area contributed by atoms with Crippen LogP contribution in [0.25, 0.3) is 0 Å². The molecule has 8 nitrogen and oxygen atoms in total. The maximum absolute atomic E-state index is 13.0. The maximum Gasteiger partial charge on any atom is 0.252 e. The van der Waals surface area contributed by atoms with Crippen LogP contribution >= 0.6 is 0 Å². The van der Waals surface area contributed by atoms with Crippen molar-refractivity contribution < 1.29 is 9.59 Å². The van der Waals surface area contributed by atoms with Crippen LogP contribution in [0.5, 0.6) is 0 Å². The molecule has 2 amide bonds. The summed E-state index contributed by atoms with van der Waals surface area (Å²) in [5.74, 6) is 0.352. The van der Waals surface area contributed by atoms with E-state index < -0.39 is 5.91 Å². The topological polar surface area (TPSA) is 104 Å². The van der Waals surface area contributed by atoms with Crippen molar-refractivity contribution in [1.82, 2.24) is 20.5 Å². The van der Waals surface area contributed by atoms with Gasteiger partial charge in [0.2, 0.25) is 5.91 Å². The number of hydrogen-bond acceptors (Lipinski definition) is 6. The Morgan fingerprint density at radius 1 is 1.19 bits per heavy atom. The predicted octanol–water partition coefficient (Wildman–Crippen LogP) is -0.439. The highest BCUT2D eigenvalue weighted by molar-refractivity contribution is 5.97. The molecule has 8 heteroatoms. The van der Waals surface area contributed by atoms with Crippen LogP contribution < -0.4 is 21.3 Å². The van der Waals surface area contributed by atoms with Gasteiger partial charge in [-0.15, -0.1) is 0 Å². The number of aromatic nitrogens is 1. The molecule has 1 aromatic rings. The largest absolute Gasteiger partial charge is 0.365 e. The number of nitrogens with zero attached hydrogens (tertiary/aromatic N) is 3. The Labute approximate surface area is 159 Å². The van der Waals surface area contributed by atoms with Crippen molar-refractivity contribution in [3.63, 3.8) is 0 Å². The summed E-state index contributed by atoms with van der Waals surface area (Å²) in [5, 5.41) is 6.88. The minimum Gasteiger partial charge on any atom is -0.365 e. The molecule has 27 heavy (non-hydrogen) atoms. The van der Waals surface area contributed by atoms with Gasteiger partial charge in [-0.3, -0.25) is 9.59 Å². The molecule has 3 fully saturated rings. The molecule has 3 saturated heterocycles. The molecule has 4 rings (SSSR count). The molecular weight excluding hydrogens is 344 g/mol. The summed E-state index contributed by atoms with van der Waals surface area (Å²) >= 11 is 0. The normalized spacial score (nSPS) is 25.0. The number of primary amides is 1. The van der Waals surface area contributed by atoms with E-state index in [1.807, 2.05) is 9.80 Å². The summed E-state index contributed by atoms with van der Waals surface area (Å²) in [6.45, 7) is 5.64. The van der Waals surface area contributed by atoms with Gasteiger partial charge in [-0.25, -0.2) is 4.98 Å². The van der Waals surface area contributed by atoms with Crippen LogP contribution in [0.1, 0.15) is 29.6 Å². The van der Waals surface area contributed by atoms with Gasteiger partial charge >= 0.3 is 0 Å². The van der Waals surface area contributed by atoms with Gasteiger partial charge in [0.05, 0.1) is 11.6 Å². The minimum absolute atomic E-state index is 0.0642. The second kappa shape index (κ2) is 7.44. The third-order valence-electron chi connectivity index (χ3n) is 6.27. The zero-order valence-electron chi connectivity index (χ0n) is 15.6. The Bertz CT molecular complexity index is 710. The van der Waals surface area contributed by atoms with Crippen molar-refractivity contribution in [2.45, 2.75) is 25.3 Å². The first-order valence-electron chi connectivity index (χ1n) is 9.81. The highest BCUT2D eigenvalue weighted by atomic mass is 16.2. The highest BCUT2D eigenvalue weighted by Gasteiger charge is 2.43. The van der Waals surface area contributed by atoms with Crippen molar-refractivity contribution in [3.05, 3.63) is 23.9 Å². The zero-order chi connectivity index (χ0) is 18.9. The fourth-order valence-corrected chi connectivity index (χ4v) is 4.63. The number of nitrogens with two attached hydrogens (primary N) is 1. The van der Waals surface area contributed by atoms with Crippen LogP contribution in [0.3, 0.4) is 0 Å². The van der Waals surface area contributed by atoms with Crippen LogP contribution in [0.2, 0.25) is 0 Å². The molecule has 1 atom stereocenters. The van der Waals surface area contributed by atoms with Gasteiger partial charge in [0.15, 0.2) is 0 Å². The third-order valence-corrected chi connectivity index (χ3v) is 6.27. The summed E-state index contributed by atoms with van der Waals surface area (Å²) in [7, 11) is 0. The van der Waals surface area contributed by atoms with Gasteiger partial charge in [-0.05, 0) is 49.9 Å². The number of pyridine rings is 1. The molecule has 0 bridgehead atoms. The quantitative estimate of drug-likeness (QED) is 0.665. The summed E-state index contributed by atoms with van der Waals surface area (Å²) < 4.78 is 0. The first-order valence-corrected chi connectivity index (χ1v) is 9.81. The van der Waals surface area contributed by atoms with E-state index in [1.165, 1.54) is 0 Å². The molecule has 0 radical (unpaired) electrons. The van der Waals surface area contributed by atoms with Crippen molar-refractivity contribution in [2.75, 3.05) is 50.7 Å². The monoisotopic (exact) mass is 372 g/mol. The lowest BCUT2D eigenvalue weighted by atomic mass is 9.77. The average molecular weight is 372 g/mol. The lowest BCUT2D eigenvalue weighted by molar-refractivity contribution is -0.133. The van der Waals surface area contributed by atoms with Gasteiger partial charge in [0.25, 0.3) is 5.91 Å². The van der Waals surface area contributed by atoms with E-state index in [-0.39, 0.29) is 17.4 Å². The summed E-state index contributed by atoms with van der Waals surface area (Å²) in [5.41, 5.74) is 6.19. The smallest absolute Gasteiger partial charge is 0.252 e. The van der Waals surface area contributed by atoms with Gasteiger partial charge in [0.1, 0.15) is 5.82 Å².